The standard InChI is InChI=1S/C23H24N2O5/c1-5-11-30-19-10-9-16(13-20(19)29-4)12-17-21(26)24-23(28)25(22(17)27)18-8-6-7-14(2)15(18)3/h6-10,12-13H,5,11H2,1-4H3,(H,24,26,28)/b17-12+. The van der Waals surface area contributed by atoms with Gasteiger partial charge in [0.15, 0.2) is 11.5 Å². The molecule has 4 amide bonds. The Hall–Kier alpha value is -3.61. The molecule has 1 fully saturated rings. The van der Waals surface area contributed by atoms with E-state index in [0.717, 1.165) is 22.4 Å². The Balaban J connectivity index is 1.99. The number of barbiturate groups is 1. The molecule has 156 valence electrons. The fraction of sp³-hybridized carbons (Fsp3) is 0.261. The molecule has 0 radical (unpaired) electrons. The third-order valence-electron chi connectivity index (χ3n) is 4.88. The molecule has 0 saturated carbocycles. The Labute approximate surface area is 175 Å². The molecule has 2 aromatic rings. The maximum atomic E-state index is 13.1. The van der Waals surface area contributed by atoms with Crippen molar-refractivity contribution in [3.05, 3.63) is 58.7 Å². The van der Waals surface area contributed by atoms with E-state index < -0.39 is 17.8 Å². The number of methoxy groups -OCH3 is 1. The minimum absolute atomic E-state index is 0.139. The average molecular weight is 408 g/mol. The second kappa shape index (κ2) is 8.82. The molecular formula is C23H24N2O5. The van der Waals surface area contributed by atoms with Gasteiger partial charge < -0.3 is 9.47 Å². The fourth-order valence-corrected chi connectivity index (χ4v) is 3.13. The average Bonchev–Trinajstić information content (AvgIpc) is 2.72. The maximum Gasteiger partial charge on any atom is 0.335 e. The van der Waals surface area contributed by atoms with Gasteiger partial charge in [0.25, 0.3) is 11.8 Å². The van der Waals surface area contributed by atoms with Crippen LogP contribution in [-0.4, -0.2) is 31.6 Å². The van der Waals surface area contributed by atoms with Crippen molar-refractivity contribution in [1.82, 2.24) is 5.32 Å². The van der Waals surface area contributed by atoms with E-state index in [2.05, 4.69) is 5.32 Å². The Morgan fingerprint density at radius 1 is 1.07 bits per heavy atom. The summed E-state index contributed by atoms with van der Waals surface area (Å²) in [7, 11) is 1.52. The largest absolute Gasteiger partial charge is 0.493 e. The second-order valence-electron chi connectivity index (χ2n) is 6.94. The number of nitrogens with one attached hydrogen (secondary N) is 1. The number of aryl methyl sites for hydroxylation is 1. The highest BCUT2D eigenvalue weighted by Gasteiger charge is 2.37. The van der Waals surface area contributed by atoms with Crippen LogP contribution in [0.3, 0.4) is 0 Å². The van der Waals surface area contributed by atoms with E-state index in [1.807, 2.05) is 26.8 Å². The third-order valence-corrected chi connectivity index (χ3v) is 4.88. The van der Waals surface area contributed by atoms with E-state index in [-0.39, 0.29) is 5.57 Å². The van der Waals surface area contributed by atoms with Gasteiger partial charge in [-0.05, 0) is 61.2 Å². The van der Waals surface area contributed by atoms with Crippen molar-refractivity contribution in [3.63, 3.8) is 0 Å². The molecule has 1 heterocycles. The lowest BCUT2D eigenvalue weighted by molar-refractivity contribution is -0.122. The minimum Gasteiger partial charge on any atom is -0.493 e. The van der Waals surface area contributed by atoms with E-state index in [0.29, 0.717) is 29.4 Å². The third kappa shape index (κ3) is 4.05. The molecular weight excluding hydrogens is 384 g/mol. The number of hydrogen-bond acceptors (Lipinski definition) is 5. The minimum atomic E-state index is -0.767. The van der Waals surface area contributed by atoms with Gasteiger partial charge in [-0.2, -0.15) is 0 Å². The molecule has 7 nitrogen and oxygen atoms in total. The summed E-state index contributed by atoms with van der Waals surface area (Å²) in [6, 6.07) is 9.68. The zero-order valence-electron chi connectivity index (χ0n) is 17.4. The molecule has 1 aliphatic rings. The number of hydrogen-bond donors (Lipinski definition) is 1. The van der Waals surface area contributed by atoms with E-state index in [1.165, 1.54) is 13.2 Å². The molecule has 1 aliphatic heterocycles. The van der Waals surface area contributed by atoms with Crippen LogP contribution in [0.1, 0.15) is 30.0 Å². The molecule has 0 aromatic heterocycles. The van der Waals surface area contributed by atoms with Crippen LogP contribution in [0.15, 0.2) is 42.0 Å². The molecule has 0 unspecified atom stereocenters. The number of anilines is 1. The molecule has 0 aliphatic carbocycles. The second-order valence-corrected chi connectivity index (χ2v) is 6.94. The highest BCUT2D eigenvalue weighted by atomic mass is 16.5. The summed E-state index contributed by atoms with van der Waals surface area (Å²) >= 11 is 0. The lowest BCUT2D eigenvalue weighted by atomic mass is 10.0. The van der Waals surface area contributed by atoms with E-state index in [1.54, 1.807) is 30.3 Å². The van der Waals surface area contributed by atoms with Gasteiger partial charge in [-0.3, -0.25) is 14.9 Å². The van der Waals surface area contributed by atoms with Crippen molar-refractivity contribution >= 4 is 29.6 Å². The smallest absolute Gasteiger partial charge is 0.335 e. The number of carbonyl (C=O) groups is 3. The van der Waals surface area contributed by atoms with Crippen LogP contribution < -0.4 is 19.7 Å². The fourth-order valence-electron chi connectivity index (χ4n) is 3.13. The molecule has 1 N–H and O–H groups in total. The quantitative estimate of drug-likeness (QED) is 0.581. The first kappa shape index (κ1) is 21.1. The van der Waals surface area contributed by atoms with Gasteiger partial charge in [-0.1, -0.05) is 25.1 Å². The number of urea groups is 1. The summed E-state index contributed by atoms with van der Waals surface area (Å²) in [5.74, 6) is -0.350. The van der Waals surface area contributed by atoms with Gasteiger partial charge in [0.1, 0.15) is 5.57 Å². The van der Waals surface area contributed by atoms with E-state index in [9.17, 15) is 14.4 Å². The van der Waals surface area contributed by atoms with Gasteiger partial charge in [-0.25, -0.2) is 9.69 Å². The first-order valence-electron chi connectivity index (χ1n) is 9.65. The number of benzene rings is 2. The zero-order valence-corrected chi connectivity index (χ0v) is 17.4. The SMILES string of the molecule is CCCOc1ccc(/C=C2\C(=O)NC(=O)N(c3cccc(C)c3C)C2=O)cc1OC. The number of imide groups is 2. The Morgan fingerprint density at radius 3 is 2.53 bits per heavy atom. The van der Waals surface area contributed by atoms with Gasteiger partial charge in [0, 0.05) is 0 Å². The highest BCUT2D eigenvalue weighted by Crippen LogP contribution is 2.30. The van der Waals surface area contributed by atoms with Crippen LogP contribution in [0.2, 0.25) is 0 Å². The van der Waals surface area contributed by atoms with Gasteiger partial charge in [0.05, 0.1) is 19.4 Å². The molecule has 0 spiro atoms. The van der Waals surface area contributed by atoms with E-state index >= 15 is 0 Å². The molecule has 0 atom stereocenters. The first-order chi connectivity index (χ1) is 14.4. The van der Waals surface area contributed by atoms with Crippen LogP contribution in [0, 0.1) is 13.8 Å². The van der Waals surface area contributed by atoms with Crippen LogP contribution in [0.4, 0.5) is 10.5 Å². The van der Waals surface area contributed by atoms with Crippen LogP contribution in [-0.2, 0) is 9.59 Å². The lowest BCUT2D eigenvalue weighted by Crippen LogP contribution is -2.54. The number of nitrogens with zero attached hydrogens (tertiary/aromatic N) is 1. The molecule has 7 heteroatoms. The van der Waals surface area contributed by atoms with Crippen molar-refractivity contribution in [2.75, 3.05) is 18.6 Å². The van der Waals surface area contributed by atoms with Crippen molar-refractivity contribution in [1.29, 1.82) is 0 Å². The summed E-state index contributed by atoms with van der Waals surface area (Å²) in [6.07, 6.45) is 2.29. The van der Waals surface area contributed by atoms with Crippen LogP contribution in [0.25, 0.3) is 6.08 Å². The molecule has 3 rings (SSSR count). The number of ether oxygens (including phenoxy) is 2. The lowest BCUT2D eigenvalue weighted by Gasteiger charge is -2.28. The van der Waals surface area contributed by atoms with Crippen molar-refractivity contribution in [3.8, 4) is 11.5 Å². The molecule has 1 saturated heterocycles. The van der Waals surface area contributed by atoms with Crippen LogP contribution in [0.5, 0.6) is 11.5 Å². The summed E-state index contributed by atoms with van der Waals surface area (Å²) in [5.41, 5.74) is 2.60. The summed E-state index contributed by atoms with van der Waals surface area (Å²) in [5, 5.41) is 2.25. The van der Waals surface area contributed by atoms with Gasteiger partial charge in [0.2, 0.25) is 0 Å². The number of amides is 4. The number of carbonyl (C=O) groups excluding carboxylic acids is 3. The first-order valence-corrected chi connectivity index (χ1v) is 9.65. The predicted molar refractivity (Wildman–Crippen MR) is 114 cm³/mol. The van der Waals surface area contributed by atoms with Crippen molar-refractivity contribution in [2.24, 2.45) is 0 Å². The highest BCUT2D eigenvalue weighted by molar-refractivity contribution is 6.39. The topological polar surface area (TPSA) is 84.9 Å². The summed E-state index contributed by atoms with van der Waals surface area (Å²) in [6.45, 7) is 6.26. The summed E-state index contributed by atoms with van der Waals surface area (Å²) < 4.78 is 11.0. The normalized spacial score (nSPS) is 15.4. The van der Waals surface area contributed by atoms with Crippen molar-refractivity contribution < 1.29 is 23.9 Å². The Bertz CT molecular complexity index is 1040. The maximum absolute atomic E-state index is 13.1. The molecule has 2 aromatic carbocycles. The Morgan fingerprint density at radius 2 is 1.83 bits per heavy atom. The summed E-state index contributed by atoms with van der Waals surface area (Å²) in [4.78, 5) is 38.9. The molecule has 30 heavy (non-hydrogen) atoms. The van der Waals surface area contributed by atoms with Gasteiger partial charge >= 0.3 is 6.03 Å². The molecule has 0 bridgehead atoms. The van der Waals surface area contributed by atoms with Crippen LogP contribution >= 0.6 is 0 Å². The van der Waals surface area contributed by atoms with Gasteiger partial charge in [-0.15, -0.1) is 0 Å². The van der Waals surface area contributed by atoms with E-state index in [4.69, 9.17) is 9.47 Å². The number of rotatable bonds is 6. The predicted octanol–water partition coefficient (Wildman–Crippen LogP) is 3.77. The zero-order chi connectivity index (χ0) is 21.8. The Kier molecular flexibility index (Phi) is 6.20. The monoisotopic (exact) mass is 408 g/mol. The van der Waals surface area contributed by atoms with Crippen molar-refractivity contribution in [2.45, 2.75) is 27.2 Å².